The van der Waals surface area contributed by atoms with Gasteiger partial charge in [0.15, 0.2) is 0 Å². The molecule has 0 saturated heterocycles. The van der Waals surface area contributed by atoms with E-state index in [2.05, 4.69) is 0 Å². The molecule has 1 radical (unpaired) electrons. The van der Waals surface area contributed by atoms with Crippen LogP contribution >= 0.6 is 0 Å². The van der Waals surface area contributed by atoms with E-state index in [-0.39, 0.29) is 5.57 Å². The summed E-state index contributed by atoms with van der Waals surface area (Å²) in [5, 5.41) is 0. The van der Waals surface area contributed by atoms with Crippen LogP contribution in [0.3, 0.4) is 0 Å². The molecule has 0 aliphatic carbocycles. The lowest BCUT2D eigenvalue weighted by atomic mass is 10.4. The average molecular weight is 83.1 g/mol. The maximum Gasteiger partial charge on any atom is 0.240 e. The molecule has 0 aliphatic heterocycles. The number of hydrogen-bond acceptors (Lipinski definition) is 2. The van der Waals surface area contributed by atoms with Gasteiger partial charge in [0.25, 0.3) is 0 Å². The molecule has 0 N–H and O–H groups in total. The quantitative estimate of drug-likeness (QED) is 0.327. The summed E-state index contributed by atoms with van der Waals surface area (Å²) in [7, 11) is 0. The van der Waals surface area contributed by atoms with Crippen LogP contribution in [0, 0.1) is 0 Å². The highest BCUT2D eigenvalue weighted by molar-refractivity contribution is 5.84. The zero-order valence-corrected chi connectivity index (χ0v) is 3.32. The predicted octanol–water partition coefficient (Wildman–Crippen LogP) is -0.126. The Balaban J connectivity index is 3.86. The number of rotatable bonds is 1. The molecule has 2 nitrogen and oxygen atoms in total. The second-order valence-corrected chi connectivity index (χ2v) is 0.829. The van der Waals surface area contributed by atoms with Crippen molar-refractivity contribution in [3.63, 3.8) is 0 Å². The van der Waals surface area contributed by atoms with E-state index in [0.717, 1.165) is 0 Å². The molecule has 0 saturated carbocycles. The minimum Gasteiger partial charge on any atom is -0.284 e. The molecule has 6 heavy (non-hydrogen) atoms. The van der Waals surface area contributed by atoms with Crippen LogP contribution < -0.4 is 0 Å². The van der Waals surface area contributed by atoms with Crippen LogP contribution in [0.5, 0.6) is 0 Å². The number of hydrogen-bond donors (Lipinski definition) is 0. The van der Waals surface area contributed by atoms with Crippen LogP contribution in [0.15, 0.2) is 5.57 Å². The molecule has 31 valence electrons. The average Bonchev–Trinajstić information content (AvgIpc) is 1.65. The van der Waals surface area contributed by atoms with E-state index in [4.69, 9.17) is 0 Å². The highest BCUT2D eigenvalue weighted by Crippen LogP contribution is 1.69. The summed E-state index contributed by atoms with van der Waals surface area (Å²) < 4.78 is 0. The van der Waals surface area contributed by atoms with Gasteiger partial charge < -0.3 is 0 Å². The molecule has 0 fully saturated rings. The van der Waals surface area contributed by atoms with Crippen molar-refractivity contribution in [2.45, 2.75) is 6.92 Å². The fourth-order valence-electron chi connectivity index (χ4n) is 0.0208. The van der Waals surface area contributed by atoms with Crippen molar-refractivity contribution in [3.8, 4) is 0 Å². The highest BCUT2D eigenvalue weighted by atomic mass is 16.1. The van der Waals surface area contributed by atoms with Crippen molar-refractivity contribution in [2.24, 2.45) is 0 Å². The standard InChI is InChI=1S/C4H3O2/c1-4(2-5)3-6/h1H3. The summed E-state index contributed by atoms with van der Waals surface area (Å²) in [6.45, 7) is 1.35. The zero-order valence-electron chi connectivity index (χ0n) is 3.32. The molecule has 0 heterocycles. The minimum atomic E-state index is -0.0185. The molecule has 0 aromatic heterocycles. The Morgan fingerprint density at radius 2 is 2.00 bits per heavy atom. The summed E-state index contributed by atoms with van der Waals surface area (Å²) in [4.78, 5) is 18.6. The van der Waals surface area contributed by atoms with Crippen LogP contribution in [0.25, 0.3) is 0 Å². The van der Waals surface area contributed by atoms with Crippen molar-refractivity contribution < 1.29 is 9.59 Å². The second kappa shape index (κ2) is 2.36. The lowest BCUT2D eigenvalue weighted by Crippen LogP contribution is -1.72. The normalized spacial score (nSPS) is 6.17. The first-order valence-corrected chi connectivity index (χ1v) is 1.41. The Bertz CT molecular complexity index is 98.1. The largest absolute Gasteiger partial charge is 0.284 e. The lowest BCUT2D eigenvalue weighted by Gasteiger charge is -1.60. The molecule has 0 unspecified atom stereocenters. The van der Waals surface area contributed by atoms with Gasteiger partial charge in [-0.2, -0.15) is 0 Å². The molecule has 0 amide bonds. The van der Waals surface area contributed by atoms with Crippen molar-refractivity contribution >= 4 is 12.2 Å². The molecule has 0 aromatic carbocycles. The fourth-order valence-corrected chi connectivity index (χ4v) is 0.0208. The summed E-state index contributed by atoms with van der Waals surface area (Å²) in [5.74, 6) is 1.36. The molecule has 0 rings (SSSR count). The molecule has 0 bridgehead atoms. The summed E-state index contributed by atoms with van der Waals surface area (Å²) in [6.07, 6.45) is 1.36. The predicted molar refractivity (Wildman–Crippen MR) is 20.6 cm³/mol. The van der Waals surface area contributed by atoms with E-state index in [0.29, 0.717) is 0 Å². The van der Waals surface area contributed by atoms with E-state index in [1.807, 2.05) is 0 Å². The van der Waals surface area contributed by atoms with Crippen LogP contribution in [0.1, 0.15) is 6.92 Å². The number of carbonyl (C=O) groups excluding carboxylic acids is 2. The van der Waals surface area contributed by atoms with Crippen LogP contribution in [0.2, 0.25) is 0 Å². The Labute approximate surface area is 35.5 Å². The first-order valence-electron chi connectivity index (χ1n) is 1.41. The smallest absolute Gasteiger partial charge is 0.240 e. The molecule has 0 aromatic rings. The van der Waals surface area contributed by atoms with Gasteiger partial charge >= 0.3 is 0 Å². The van der Waals surface area contributed by atoms with Gasteiger partial charge in [-0.25, -0.2) is 4.79 Å². The van der Waals surface area contributed by atoms with Gasteiger partial charge in [0.05, 0.1) is 5.57 Å². The first-order chi connectivity index (χ1) is 2.81. The summed E-state index contributed by atoms with van der Waals surface area (Å²) in [6, 6.07) is 0. The molecule has 2 heteroatoms. The third-order valence-corrected chi connectivity index (χ3v) is 0.306. The van der Waals surface area contributed by atoms with E-state index in [1.54, 1.807) is 0 Å². The monoisotopic (exact) mass is 83.0 g/mol. The summed E-state index contributed by atoms with van der Waals surface area (Å²) in [5.41, 5.74) is -0.0185. The first kappa shape index (κ1) is 5.12. The molecule has 0 atom stereocenters. The van der Waals surface area contributed by atoms with E-state index < -0.39 is 0 Å². The minimum absolute atomic E-state index is 0.0185. The van der Waals surface area contributed by atoms with Gasteiger partial charge in [-0.1, -0.05) is 0 Å². The molecular formula is C4H3O2. The van der Waals surface area contributed by atoms with Gasteiger partial charge in [0, 0.05) is 0 Å². The van der Waals surface area contributed by atoms with Gasteiger partial charge in [-0.15, -0.1) is 0 Å². The lowest BCUT2D eigenvalue weighted by molar-refractivity contribution is 0.557. The fraction of sp³-hybridized carbons (Fsp3) is 0.250. The van der Waals surface area contributed by atoms with Gasteiger partial charge in [-0.05, 0) is 6.92 Å². The Morgan fingerprint density at radius 3 is 2.00 bits per heavy atom. The Hall–Kier alpha value is -0.880. The van der Waals surface area contributed by atoms with Gasteiger partial charge in [0.2, 0.25) is 6.29 Å². The zero-order chi connectivity index (χ0) is 4.99. The van der Waals surface area contributed by atoms with Gasteiger partial charge in [-0.3, -0.25) is 4.79 Å². The number of allylic oxidation sites excluding steroid dienone is 1. The van der Waals surface area contributed by atoms with Crippen LogP contribution in [-0.2, 0) is 9.59 Å². The topological polar surface area (TPSA) is 34.1 Å². The van der Waals surface area contributed by atoms with Crippen LogP contribution in [-0.4, -0.2) is 12.2 Å². The maximum absolute atomic E-state index is 9.31. The van der Waals surface area contributed by atoms with E-state index in [9.17, 15) is 9.59 Å². The Morgan fingerprint density at radius 1 is 1.50 bits per heavy atom. The van der Waals surface area contributed by atoms with Crippen molar-refractivity contribution in [2.75, 3.05) is 0 Å². The van der Waals surface area contributed by atoms with Crippen molar-refractivity contribution in [1.29, 1.82) is 0 Å². The van der Waals surface area contributed by atoms with Crippen molar-refractivity contribution in [1.82, 2.24) is 0 Å². The van der Waals surface area contributed by atoms with Crippen LogP contribution in [0.4, 0.5) is 0 Å². The van der Waals surface area contributed by atoms with E-state index in [1.165, 1.54) is 19.2 Å². The third kappa shape index (κ3) is 1.44. The highest BCUT2D eigenvalue weighted by Gasteiger charge is 1.78. The molecule has 0 spiro atoms. The maximum atomic E-state index is 9.31. The Kier molecular flexibility index (Phi) is 2.02. The SMILES string of the molecule is CC([C]=O)=C=O. The van der Waals surface area contributed by atoms with Gasteiger partial charge in [0.1, 0.15) is 5.94 Å². The molecule has 0 aliphatic rings. The summed E-state index contributed by atoms with van der Waals surface area (Å²) >= 11 is 0. The van der Waals surface area contributed by atoms with E-state index >= 15 is 0 Å². The third-order valence-electron chi connectivity index (χ3n) is 0.306. The second-order valence-electron chi connectivity index (χ2n) is 0.829. The van der Waals surface area contributed by atoms with Crippen molar-refractivity contribution in [3.05, 3.63) is 5.57 Å². The molecular weight excluding hydrogens is 80.0 g/mol.